The van der Waals surface area contributed by atoms with Gasteiger partial charge in [-0.1, -0.05) is 109 Å². The summed E-state index contributed by atoms with van der Waals surface area (Å²) in [5, 5.41) is 0.830. The molecular weight excluding hydrogens is 701 g/mol. The van der Waals surface area contributed by atoms with Crippen LogP contribution in [-0.4, -0.2) is 19.5 Å². The molecule has 0 radical (unpaired) electrons. The monoisotopic (exact) mass is 744 g/mol. The van der Waals surface area contributed by atoms with Crippen molar-refractivity contribution in [2.75, 3.05) is 0 Å². The summed E-state index contributed by atoms with van der Waals surface area (Å²) in [6.45, 7) is 0. The van der Waals surface area contributed by atoms with Gasteiger partial charge in [0.15, 0.2) is 17.5 Å². The normalized spacial score (nSPS) is 15.3. The van der Waals surface area contributed by atoms with Gasteiger partial charge >= 0.3 is 0 Å². The summed E-state index contributed by atoms with van der Waals surface area (Å²) in [5.74, 6) is 0.0338. The Morgan fingerprint density at radius 2 is 1.09 bits per heavy atom. The highest BCUT2D eigenvalue weighted by atomic mass is 16.3. The molecule has 0 saturated carbocycles. The Morgan fingerprint density at radius 1 is 0.404 bits per heavy atom. The molecule has 0 aliphatic carbocycles. The zero-order valence-corrected chi connectivity index (χ0v) is 29.3. The zero-order chi connectivity index (χ0) is 49.6. The van der Waals surface area contributed by atoms with Crippen molar-refractivity contribution >= 4 is 65.7 Å². The maximum atomic E-state index is 9.64. The van der Waals surface area contributed by atoms with Crippen LogP contribution in [0.15, 0.2) is 190 Å². The maximum Gasteiger partial charge on any atom is 0.164 e. The molecule has 4 aromatic heterocycles. The summed E-state index contributed by atoms with van der Waals surface area (Å²) < 4.78 is 140. The molecule has 12 rings (SSSR count). The van der Waals surface area contributed by atoms with Gasteiger partial charge in [-0.15, -0.1) is 0 Å². The highest BCUT2D eigenvalue weighted by Crippen LogP contribution is 2.41. The van der Waals surface area contributed by atoms with Gasteiger partial charge in [0.25, 0.3) is 0 Å². The van der Waals surface area contributed by atoms with Gasteiger partial charge in [0.05, 0.1) is 35.6 Å². The second-order valence-electron chi connectivity index (χ2n) is 13.3. The summed E-state index contributed by atoms with van der Waals surface area (Å²) in [6.07, 6.45) is 0. The lowest BCUT2D eigenvalue weighted by Gasteiger charge is -2.11. The topological polar surface area (TPSA) is 69.9 Å². The van der Waals surface area contributed by atoms with Gasteiger partial charge in [-0.25, -0.2) is 15.0 Å². The Morgan fingerprint density at radius 3 is 1.95 bits per heavy atom. The smallest absolute Gasteiger partial charge is 0.164 e. The van der Waals surface area contributed by atoms with E-state index in [0.717, 1.165) is 26.5 Å². The highest BCUT2D eigenvalue weighted by Gasteiger charge is 2.20. The number of hydrogen-bond acceptors (Lipinski definition) is 5. The van der Waals surface area contributed by atoms with E-state index in [1.165, 1.54) is 0 Å². The standard InChI is InChI=1S/C51H30N4O2/c1-2-11-31(12-3-1)33-13-10-14-34(29-33)50-52-49(53-51(54-50)35-23-26-39-37-15-5-8-19-44(37)56-46(39)30-35)32-21-24-36(25-22-32)55-42-18-7-4-17-41(42)47-43(55)28-27-40-38-16-6-9-20-45(38)57-48(40)47/h1-30H/i4D,6D,7D,9D,16D,17D,18D,20D,21D,22D,24D,25D,27D,28D. The van der Waals surface area contributed by atoms with Crippen LogP contribution in [0.25, 0.3) is 117 Å². The minimum Gasteiger partial charge on any atom is -0.456 e. The lowest BCUT2D eigenvalue weighted by atomic mass is 10.0. The predicted octanol–water partition coefficient (Wildman–Crippen LogP) is 13.4. The second kappa shape index (κ2) is 12.3. The van der Waals surface area contributed by atoms with Crippen LogP contribution in [-0.2, 0) is 0 Å². The number of rotatable bonds is 5. The molecule has 0 fully saturated rings. The van der Waals surface area contributed by atoms with E-state index in [-0.39, 0.29) is 66.8 Å². The molecule has 6 heteroatoms. The molecule has 0 bridgehead atoms. The number of fused-ring (bicyclic) bond motifs is 10. The Labute approximate surface area is 345 Å². The van der Waals surface area contributed by atoms with Gasteiger partial charge in [0.1, 0.15) is 22.3 Å². The van der Waals surface area contributed by atoms with Gasteiger partial charge in [0, 0.05) is 49.3 Å². The van der Waals surface area contributed by atoms with E-state index >= 15 is 0 Å². The Balaban J connectivity index is 1.15. The molecule has 57 heavy (non-hydrogen) atoms. The van der Waals surface area contributed by atoms with E-state index in [1.54, 1.807) is 18.2 Å². The van der Waals surface area contributed by atoms with Gasteiger partial charge < -0.3 is 13.4 Å². The maximum absolute atomic E-state index is 9.64. The molecule has 8 aromatic carbocycles. The van der Waals surface area contributed by atoms with Gasteiger partial charge in [-0.3, -0.25) is 0 Å². The molecule has 6 nitrogen and oxygen atoms in total. The fourth-order valence-electron chi connectivity index (χ4n) is 7.41. The second-order valence-corrected chi connectivity index (χ2v) is 13.3. The first-order chi connectivity index (χ1) is 34.1. The van der Waals surface area contributed by atoms with E-state index in [1.807, 2.05) is 78.9 Å². The van der Waals surface area contributed by atoms with Crippen molar-refractivity contribution in [3.63, 3.8) is 0 Å². The summed E-state index contributed by atoms with van der Waals surface area (Å²) in [4.78, 5) is 14.5. The first kappa shape index (κ1) is 20.7. The molecule has 0 unspecified atom stereocenters. The minimum atomic E-state index is -0.723. The molecule has 0 spiro atoms. The molecule has 12 aromatic rings. The van der Waals surface area contributed by atoms with Crippen LogP contribution in [0.2, 0.25) is 0 Å². The lowest BCUT2D eigenvalue weighted by molar-refractivity contribution is 0.669. The lowest BCUT2D eigenvalue weighted by Crippen LogP contribution is -2.01. The van der Waals surface area contributed by atoms with E-state index in [4.69, 9.17) is 33.4 Å². The summed E-state index contributed by atoms with van der Waals surface area (Å²) >= 11 is 0. The first-order valence-electron chi connectivity index (χ1n) is 24.9. The van der Waals surface area contributed by atoms with Crippen LogP contribution in [0.1, 0.15) is 19.2 Å². The molecule has 0 atom stereocenters. The quantitative estimate of drug-likeness (QED) is 0.175. The largest absolute Gasteiger partial charge is 0.456 e. The predicted molar refractivity (Wildman–Crippen MR) is 230 cm³/mol. The number of para-hydroxylation sites is 3. The van der Waals surface area contributed by atoms with Crippen molar-refractivity contribution < 1.29 is 28.0 Å². The van der Waals surface area contributed by atoms with Crippen molar-refractivity contribution in [1.29, 1.82) is 0 Å². The highest BCUT2D eigenvalue weighted by molar-refractivity contribution is 6.23. The van der Waals surface area contributed by atoms with Crippen LogP contribution < -0.4 is 0 Å². The molecule has 0 amide bonds. The third-order valence-electron chi connectivity index (χ3n) is 10.0. The number of hydrogen-bond donors (Lipinski definition) is 0. The van der Waals surface area contributed by atoms with Crippen LogP contribution >= 0.6 is 0 Å². The molecule has 0 aliphatic rings. The zero-order valence-electron chi connectivity index (χ0n) is 43.3. The van der Waals surface area contributed by atoms with Crippen molar-refractivity contribution in [2.24, 2.45) is 0 Å². The average molecular weight is 745 g/mol. The van der Waals surface area contributed by atoms with E-state index < -0.39 is 90.3 Å². The van der Waals surface area contributed by atoms with E-state index in [2.05, 4.69) is 0 Å². The molecule has 0 aliphatic heterocycles. The Hall–Kier alpha value is -7.83. The molecule has 0 saturated heterocycles. The van der Waals surface area contributed by atoms with Crippen molar-refractivity contribution in [3.8, 4) is 51.0 Å². The fraction of sp³-hybridized carbons (Fsp3) is 0. The van der Waals surface area contributed by atoms with Gasteiger partial charge in [-0.05, 0) is 83.7 Å². The molecule has 0 N–H and O–H groups in total. The Kier molecular flexibility index (Phi) is 4.49. The SMILES string of the molecule is [2H]c1c([2H])c(-n2c3c([2H])c([2H])c([2H])c([2H])c3c3c4oc5c([2H])c([2H])c([2H])c([2H])c5c4c([2H])c([2H])c32)c([2H])c([2H])c1-c1nc(-c2cccc(-c3ccccc3)c2)nc(-c2ccc3c(c2)oc2ccccc23)n1. The van der Waals surface area contributed by atoms with Crippen LogP contribution in [0, 0.1) is 0 Å². The Bertz CT molecular complexity index is 4330. The summed E-state index contributed by atoms with van der Waals surface area (Å²) in [7, 11) is 0. The number of furan rings is 2. The summed E-state index contributed by atoms with van der Waals surface area (Å²) in [6, 6.07) is 21.0. The van der Waals surface area contributed by atoms with Crippen LogP contribution in [0.5, 0.6) is 0 Å². The first-order valence-corrected chi connectivity index (χ1v) is 17.9. The van der Waals surface area contributed by atoms with E-state index in [0.29, 0.717) is 22.3 Å². The van der Waals surface area contributed by atoms with Crippen LogP contribution in [0.3, 0.4) is 0 Å². The number of benzene rings is 8. The fourth-order valence-corrected chi connectivity index (χ4v) is 7.41. The number of aromatic nitrogens is 4. The van der Waals surface area contributed by atoms with Crippen LogP contribution in [0.4, 0.5) is 0 Å². The summed E-state index contributed by atoms with van der Waals surface area (Å²) in [5.41, 5.74) is 1.77. The van der Waals surface area contributed by atoms with Gasteiger partial charge in [0.2, 0.25) is 0 Å². The third kappa shape index (κ3) is 5.01. The minimum absolute atomic E-state index is 0.121. The molecule has 4 heterocycles. The average Bonchev–Trinajstić information content (AvgIpc) is 4.08. The molecular formula is C51H30N4O2. The van der Waals surface area contributed by atoms with E-state index in [9.17, 15) is 9.60 Å². The van der Waals surface area contributed by atoms with Gasteiger partial charge in [-0.2, -0.15) is 0 Å². The third-order valence-corrected chi connectivity index (χ3v) is 10.0. The molecule has 266 valence electrons. The van der Waals surface area contributed by atoms with Crippen molar-refractivity contribution in [1.82, 2.24) is 19.5 Å². The van der Waals surface area contributed by atoms with Crippen molar-refractivity contribution in [2.45, 2.75) is 0 Å². The van der Waals surface area contributed by atoms with Crippen molar-refractivity contribution in [3.05, 3.63) is 182 Å². The number of nitrogens with zero attached hydrogens (tertiary/aromatic N) is 4.